The van der Waals surface area contributed by atoms with Crippen molar-refractivity contribution in [2.75, 3.05) is 12.3 Å². The lowest BCUT2D eigenvalue weighted by atomic mass is 10.0. The van der Waals surface area contributed by atoms with Crippen molar-refractivity contribution in [3.63, 3.8) is 0 Å². The summed E-state index contributed by atoms with van der Waals surface area (Å²) in [6.45, 7) is 5.03. The van der Waals surface area contributed by atoms with Crippen LogP contribution in [0.2, 0.25) is 0 Å². The molecule has 3 N–H and O–H groups in total. The standard InChI is InChI=1S/C14H20N2O2/c1-9(2)13-4-3-7-16(13)14(18)11-8-10(17)5-6-12(11)15/h5-6,8-9,13,17H,3-4,7,15H2,1-2H3. The van der Waals surface area contributed by atoms with Crippen LogP contribution in [0, 0.1) is 5.92 Å². The number of nitrogens with zero attached hydrogens (tertiary/aromatic N) is 1. The second kappa shape index (κ2) is 4.88. The number of phenols is 1. The maximum atomic E-state index is 12.5. The van der Waals surface area contributed by atoms with Gasteiger partial charge in [-0.2, -0.15) is 0 Å². The molecule has 1 aromatic carbocycles. The summed E-state index contributed by atoms with van der Waals surface area (Å²) in [4.78, 5) is 14.4. The molecule has 1 aliphatic rings. The number of hydrogen-bond acceptors (Lipinski definition) is 3. The number of carbonyl (C=O) groups is 1. The first-order valence-corrected chi connectivity index (χ1v) is 6.40. The van der Waals surface area contributed by atoms with E-state index in [1.165, 1.54) is 12.1 Å². The van der Waals surface area contributed by atoms with Crippen LogP contribution < -0.4 is 5.73 Å². The van der Waals surface area contributed by atoms with Gasteiger partial charge in [-0.3, -0.25) is 4.79 Å². The van der Waals surface area contributed by atoms with E-state index < -0.39 is 0 Å². The lowest BCUT2D eigenvalue weighted by molar-refractivity contribution is 0.0702. The molecular formula is C14H20N2O2. The molecule has 1 heterocycles. The van der Waals surface area contributed by atoms with Crippen molar-refractivity contribution in [2.45, 2.75) is 32.7 Å². The Balaban J connectivity index is 2.28. The average Bonchev–Trinajstić information content (AvgIpc) is 2.80. The summed E-state index contributed by atoms with van der Waals surface area (Å²) in [6, 6.07) is 4.80. The predicted molar refractivity (Wildman–Crippen MR) is 71.4 cm³/mol. The van der Waals surface area contributed by atoms with Gasteiger partial charge in [0.1, 0.15) is 5.75 Å². The van der Waals surface area contributed by atoms with Gasteiger partial charge in [-0.25, -0.2) is 0 Å². The highest BCUT2D eigenvalue weighted by Gasteiger charge is 2.32. The predicted octanol–water partition coefficient (Wildman–Crippen LogP) is 2.23. The van der Waals surface area contributed by atoms with E-state index in [4.69, 9.17) is 5.73 Å². The highest BCUT2D eigenvalue weighted by Crippen LogP contribution is 2.28. The zero-order valence-electron chi connectivity index (χ0n) is 10.9. The number of hydrogen-bond donors (Lipinski definition) is 2. The molecule has 0 spiro atoms. The molecule has 0 aliphatic carbocycles. The number of carbonyl (C=O) groups excluding carboxylic acids is 1. The summed E-state index contributed by atoms with van der Waals surface area (Å²) in [5.74, 6) is 0.447. The molecule has 1 fully saturated rings. The Labute approximate surface area is 107 Å². The third-order valence-electron chi connectivity index (χ3n) is 3.60. The van der Waals surface area contributed by atoms with Crippen LogP contribution >= 0.6 is 0 Å². The average molecular weight is 248 g/mol. The van der Waals surface area contributed by atoms with Gasteiger partial charge in [0.15, 0.2) is 0 Å². The SMILES string of the molecule is CC(C)C1CCCN1C(=O)c1cc(O)ccc1N. The quantitative estimate of drug-likeness (QED) is 0.623. The normalized spacial score (nSPS) is 19.5. The third kappa shape index (κ3) is 2.28. The minimum absolute atomic E-state index is 0.0698. The first-order chi connectivity index (χ1) is 8.50. The number of likely N-dealkylation sites (tertiary alicyclic amines) is 1. The van der Waals surface area contributed by atoms with Crippen LogP contribution in [0.5, 0.6) is 5.75 Å². The third-order valence-corrected chi connectivity index (χ3v) is 3.60. The number of nitrogen functional groups attached to an aromatic ring is 1. The van der Waals surface area contributed by atoms with Crippen LogP contribution in [-0.2, 0) is 0 Å². The minimum atomic E-state index is -0.0698. The molecule has 1 unspecified atom stereocenters. The Hall–Kier alpha value is -1.71. The summed E-state index contributed by atoms with van der Waals surface area (Å²) in [5.41, 5.74) is 6.65. The van der Waals surface area contributed by atoms with Crippen molar-refractivity contribution < 1.29 is 9.90 Å². The van der Waals surface area contributed by atoms with Crippen molar-refractivity contribution in [3.8, 4) is 5.75 Å². The second-order valence-electron chi connectivity index (χ2n) is 5.22. The van der Waals surface area contributed by atoms with E-state index in [-0.39, 0.29) is 17.7 Å². The number of amides is 1. The Kier molecular flexibility index (Phi) is 3.45. The van der Waals surface area contributed by atoms with Crippen LogP contribution in [0.15, 0.2) is 18.2 Å². The number of rotatable bonds is 2. The molecule has 18 heavy (non-hydrogen) atoms. The summed E-state index contributed by atoms with van der Waals surface area (Å²) in [5, 5.41) is 9.48. The van der Waals surface area contributed by atoms with Gasteiger partial charge < -0.3 is 15.7 Å². The zero-order chi connectivity index (χ0) is 13.3. The van der Waals surface area contributed by atoms with Gasteiger partial charge in [0.25, 0.3) is 5.91 Å². The van der Waals surface area contributed by atoms with Gasteiger partial charge in [-0.1, -0.05) is 13.8 Å². The highest BCUT2D eigenvalue weighted by molar-refractivity contribution is 5.99. The van der Waals surface area contributed by atoms with Crippen LogP contribution in [0.1, 0.15) is 37.0 Å². The van der Waals surface area contributed by atoms with Crippen LogP contribution in [0.4, 0.5) is 5.69 Å². The second-order valence-corrected chi connectivity index (χ2v) is 5.22. The molecule has 1 amide bonds. The molecule has 4 nitrogen and oxygen atoms in total. The van der Waals surface area contributed by atoms with Gasteiger partial charge in [0, 0.05) is 18.3 Å². The summed E-state index contributed by atoms with van der Waals surface area (Å²) in [6.07, 6.45) is 2.08. The van der Waals surface area contributed by atoms with E-state index >= 15 is 0 Å². The van der Waals surface area contributed by atoms with Crippen molar-refractivity contribution in [2.24, 2.45) is 5.92 Å². The molecule has 1 atom stereocenters. The molecule has 2 rings (SSSR count). The Morgan fingerprint density at radius 1 is 1.50 bits per heavy atom. The molecule has 1 aromatic rings. The summed E-state index contributed by atoms with van der Waals surface area (Å²) < 4.78 is 0. The van der Waals surface area contributed by atoms with Gasteiger partial charge in [0.2, 0.25) is 0 Å². The molecule has 1 aliphatic heterocycles. The van der Waals surface area contributed by atoms with E-state index in [9.17, 15) is 9.90 Å². The smallest absolute Gasteiger partial charge is 0.256 e. The van der Waals surface area contributed by atoms with Crippen molar-refractivity contribution in [1.82, 2.24) is 4.90 Å². The first-order valence-electron chi connectivity index (χ1n) is 6.40. The van der Waals surface area contributed by atoms with Gasteiger partial charge in [-0.15, -0.1) is 0 Å². The molecule has 0 bridgehead atoms. The number of anilines is 1. The number of benzene rings is 1. The van der Waals surface area contributed by atoms with Crippen LogP contribution in [-0.4, -0.2) is 28.5 Å². The largest absolute Gasteiger partial charge is 0.508 e. The van der Waals surface area contributed by atoms with E-state index in [2.05, 4.69) is 13.8 Å². The van der Waals surface area contributed by atoms with Gasteiger partial charge in [-0.05, 0) is 37.0 Å². The molecule has 0 aromatic heterocycles. The van der Waals surface area contributed by atoms with Crippen molar-refractivity contribution >= 4 is 11.6 Å². The van der Waals surface area contributed by atoms with Crippen LogP contribution in [0.25, 0.3) is 0 Å². The molecule has 4 heteroatoms. The zero-order valence-corrected chi connectivity index (χ0v) is 10.9. The Morgan fingerprint density at radius 2 is 2.22 bits per heavy atom. The minimum Gasteiger partial charge on any atom is -0.508 e. The van der Waals surface area contributed by atoms with E-state index in [1.54, 1.807) is 6.07 Å². The fourth-order valence-electron chi connectivity index (χ4n) is 2.62. The van der Waals surface area contributed by atoms with Crippen molar-refractivity contribution in [1.29, 1.82) is 0 Å². The molecule has 0 radical (unpaired) electrons. The molecule has 98 valence electrons. The van der Waals surface area contributed by atoms with Crippen LogP contribution in [0.3, 0.4) is 0 Å². The number of aromatic hydroxyl groups is 1. The van der Waals surface area contributed by atoms with Gasteiger partial charge >= 0.3 is 0 Å². The summed E-state index contributed by atoms with van der Waals surface area (Å²) >= 11 is 0. The van der Waals surface area contributed by atoms with Gasteiger partial charge in [0.05, 0.1) is 5.56 Å². The highest BCUT2D eigenvalue weighted by atomic mass is 16.3. The Bertz CT molecular complexity index is 457. The van der Waals surface area contributed by atoms with Crippen molar-refractivity contribution in [3.05, 3.63) is 23.8 Å². The lowest BCUT2D eigenvalue weighted by Crippen LogP contribution is -2.38. The molecule has 0 saturated carbocycles. The van der Waals surface area contributed by atoms with E-state index in [0.717, 1.165) is 19.4 Å². The Morgan fingerprint density at radius 3 is 2.89 bits per heavy atom. The first kappa shape index (κ1) is 12.7. The van der Waals surface area contributed by atoms with E-state index in [1.807, 2.05) is 4.90 Å². The fraction of sp³-hybridized carbons (Fsp3) is 0.500. The number of phenolic OH excluding ortho intramolecular Hbond substituents is 1. The maximum Gasteiger partial charge on any atom is 0.256 e. The maximum absolute atomic E-state index is 12.5. The summed E-state index contributed by atoms with van der Waals surface area (Å²) in [7, 11) is 0. The van der Waals surface area contributed by atoms with E-state index in [0.29, 0.717) is 17.2 Å². The topological polar surface area (TPSA) is 66.6 Å². The monoisotopic (exact) mass is 248 g/mol. The molecule has 1 saturated heterocycles. The fourth-order valence-corrected chi connectivity index (χ4v) is 2.62. The molecular weight excluding hydrogens is 228 g/mol. The lowest BCUT2D eigenvalue weighted by Gasteiger charge is -2.28. The number of nitrogens with two attached hydrogens (primary N) is 1.